The quantitative estimate of drug-likeness (QED) is 0.637. The van der Waals surface area contributed by atoms with Crippen LogP contribution in [-0.4, -0.2) is 23.1 Å². The summed E-state index contributed by atoms with van der Waals surface area (Å²) in [5.41, 5.74) is -0.295. The lowest BCUT2D eigenvalue weighted by Crippen LogP contribution is -2.43. The van der Waals surface area contributed by atoms with E-state index in [4.69, 9.17) is 0 Å². The number of nitrogens with one attached hydrogen (secondary N) is 1. The standard InChI is InChI=1S/C14H28N2S/c1-6-14(11-15,16-7-2)9-8-10-17-13(5)12(3)4/h12-13,16H,6-10H2,1-5H3. The van der Waals surface area contributed by atoms with Gasteiger partial charge in [-0.15, -0.1) is 0 Å². The second-order valence-electron chi connectivity index (χ2n) is 5.00. The predicted octanol–water partition coefficient (Wildman–Crippen LogP) is 3.83. The molecule has 0 rings (SSSR count). The fourth-order valence-corrected chi connectivity index (χ4v) is 2.81. The Morgan fingerprint density at radius 2 is 1.94 bits per heavy atom. The molecule has 0 aromatic heterocycles. The van der Waals surface area contributed by atoms with E-state index in [-0.39, 0.29) is 5.54 Å². The van der Waals surface area contributed by atoms with Crippen molar-refractivity contribution in [2.75, 3.05) is 12.3 Å². The summed E-state index contributed by atoms with van der Waals surface area (Å²) in [5, 5.41) is 13.3. The van der Waals surface area contributed by atoms with Gasteiger partial charge in [-0.25, -0.2) is 0 Å². The molecule has 17 heavy (non-hydrogen) atoms. The van der Waals surface area contributed by atoms with Gasteiger partial charge in [-0.05, 0) is 37.5 Å². The maximum atomic E-state index is 9.29. The molecule has 2 nitrogen and oxygen atoms in total. The summed E-state index contributed by atoms with van der Waals surface area (Å²) in [6.45, 7) is 11.9. The second kappa shape index (κ2) is 8.83. The Bertz CT molecular complexity index is 235. The molecule has 0 aromatic carbocycles. The SMILES string of the molecule is CCNC(C#N)(CC)CCCSC(C)C(C)C. The van der Waals surface area contributed by atoms with E-state index < -0.39 is 0 Å². The Morgan fingerprint density at radius 1 is 1.29 bits per heavy atom. The van der Waals surface area contributed by atoms with E-state index in [1.54, 1.807) is 0 Å². The molecule has 0 amide bonds. The van der Waals surface area contributed by atoms with Crippen molar-refractivity contribution in [1.82, 2.24) is 5.32 Å². The molecule has 0 heterocycles. The van der Waals surface area contributed by atoms with Gasteiger partial charge in [-0.3, -0.25) is 5.32 Å². The van der Waals surface area contributed by atoms with Crippen LogP contribution in [0.5, 0.6) is 0 Å². The summed E-state index contributed by atoms with van der Waals surface area (Å²) >= 11 is 2.03. The van der Waals surface area contributed by atoms with Gasteiger partial charge in [0.1, 0.15) is 5.54 Å². The van der Waals surface area contributed by atoms with E-state index in [0.29, 0.717) is 5.25 Å². The predicted molar refractivity (Wildman–Crippen MR) is 78.3 cm³/mol. The van der Waals surface area contributed by atoms with E-state index in [0.717, 1.165) is 37.5 Å². The summed E-state index contributed by atoms with van der Waals surface area (Å²) in [6.07, 6.45) is 2.98. The summed E-state index contributed by atoms with van der Waals surface area (Å²) < 4.78 is 0. The highest BCUT2D eigenvalue weighted by molar-refractivity contribution is 7.99. The molecule has 0 spiro atoms. The number of nitrogens with zero attached hydrogens (tertiary/aromatic N) is 1. The first kappa shape index (κ1) is 16.8. The van der Waals surface area contributed by atoms with Crippen LogP contribution in [0.3, 0.4) is 0 Å². The monoisotopic (exact) mass is 256 g/mol. The number of nitriles is 1. The van der Waals surface area contributed by atoms with Gasteiger partial charge in [0.05, 0.1) is 6.07 Å². The Kier molecular flexibility index (Phi) is 8.72. The van der Waals surface area contributed by atoms with Crippen LogP contribution in [0.25, 0.3) is 0 Å². The lowest BCUT2D eigenvalue weighted by Gasteiger charge is -2.26. The number of hydrogen-bond acceptors (Lipinski definition) is 3. The van der Waals surface area contributed by atoms with Crippen LogP contribution in [0.2, 0.25) is 0 Å². The molecular formula is C14H28N2S. The van der Waals surface area contributed by atoms with E-state index in [1.807, 2.05) is 11.8 Å². The highest BCUT2D eigenvalue weighted by Crippen LogP contribution is 2.23. The molecule has 0 aliphatic rings. The van der Waals surface area contributed by atoms with Crippen LogP contribution >= 0.6 is 11.8 Å². The zero-order chi connectivity index (χ0) is 13.3. The molecule has 0 aliphatic carbocycles. The third-order valence-electron chi connectivity index (χ3n) is 3.40. The van der Waals surface area contributed by atoms with E-state index >= 15 is 0 Å². The largest absolute Gasteiger partial charge is 0.300 e. The normalized spacial score (nSPS) is 16.5. The van der Waals surface area contributed by atoms with Gasteiger partial charge < -0.3 is 0 Å². The molecule has 1 N–H and O–H groups in total. The Morgan fingerprint density at radius 3 is 2.35 bits per heavy atom. The molecule has 0 saturated carbocycles. The highest BCUT2D eigenvalue weighted by Gasteiger charge is 2.25. The van der Waals surface area contributed by atoms with E-state index in [1.165, 1.54) is 0 Å². The third-order valence-corrected chi connectivity index (χ3v) is 4.99. The molecule has 0 bridgehead atoms. The van der Waals surface area contributed by atoms with Gasteiger partial charge in [-0.1, -0.05) is 34.6 Å². The minimum atomic E-state index is -0.295. The smallest absolute Gasteiger partial charge is 0.106 e. The first-order valence-corrected chi connectivity index (χ1v) is 7.84. The molecule has 0 aliphatic heterocycles. The van der Waals surface area contributed by atoms with Crippen LogP contribution in [0.15, 0.2) is 0 Å². The van der Waals surface area contributed by atoms with E-state index in [2.05, 4.69) is 46.0 Å². The lowest BCUT2D eigenvalue weighted by atomic mass is 9.92. The molecule has 0 fully saturated rings. The van der Waals surface area contributed by atoms with Gasteiger partial charge in [0.15, 0.2) is 0 Å². The minimum absolute atomic E-state index is 0.295. The van der Waals surface area contributed by atoms with Crippen molar-refractivity contribution in [3.63, 3.8) is 0 Å². The first-order chi connectivity index (χ1) is 8.01. The zero-order valence-corrected chi connectivity index (χ0v) is 12.9. The number of thioether (sulfide) groups is 1. The molecular weight excluding hydrogens is 228 g/mol. The number of hydrogen-bond donors (Lipinski definition) is 1. The average molecular weight is 256 g/mol. The molecule has 0 radical (unpaired) electrons. The molecule has 2 unspecified atom stereocenters. The Balaban J connectivity index is 3.96. The van der Waals surface area contributed by atoms with Crippen molar-refractivity contribution in [2.45, 2.75) is 64.7 Å². The van der Waals surface area contributed by atoms with Gasteiger partial charge >= 0.3 is 0 Å². The highest BCUT2D eigenvalue weighted by atomic mass is 32.2. The maximum absolute atomic E-state index is 9.29. The van der Waals surface area contributed by atoms with Crippen molar-refractivity contribution < 1.29 is 0 Å². The Hall–Kier alpha value is -0.200. The number of rotatable bonds is 9. The fourth-order valence-electron chi connectivity index (χ4n) is 1.74. The zero-order valence-electron chi connectivity index (χ0n) is 12.0. The van der Waals surface area contributed by atoms with Gasteiger partial charge in [-0.2, -0.15) is 17.0 Å². The third kappa shape index (κ3) is 6.33. The summed E-state index contributed by atoms with van der Waals surface area (Å²) in [5.74, 6) is 1.90. The molecule has 0 aromatic rings. The van der Waals surface area contributed by atoms with Crippen LogP contribution in [0, 0.1) is 17.2 Å². The summed E-state index contributed by atoms with van der Waals surface area (Å²) in [7, 11) is 0. The van der Waals surface area contributed by atoms with Crippen LogP contribution in [-0.2, 0) is 0 Å². The van der Waals surface area contributed by atoms with Gasteiger partial charge in [0.25, 0.3) is 0 Å². The van der Waals surface area contributed by atoms with E-state index in [9.17, 15) is 5.26 Å². The van der Waals surface area contributed by atoms with Crippen LogP contribution in [0.4, 0.5) is 0 Å². The van der Waals surface area contributed by atoms with Crippen LogP contribution in [0.1, 0.15) is 53.9 Å². The average Bonchev–Trinajstić information content (AvgIpc) is 2.32. The van der Waals surface area contributed by atoms with Gasteiger partial charge in [0, 0.05) is 5.25 Å². The minimum Gasteiger partial charge on any atom is -0.300 e. The van der Waals surface area contributed by atoms with Crippen molar-refractivity contribution in [2.24, 2.45) is 5.92 Å². The first-order valence-electron chi connectivity index (χ1n) is 6.79. The second-order valence-corrected chi connectivity index (χ2v) is 6.49. The van der Waals surface area contributed by atoms with Crippen molar-refractivity contribution in [1.29, 1.82) is 5.26 Å². The Labute approximate surface area is 112 Å². The molecule has 2 atom stereocenters. The molecule has 3 heteroatoms. The molecule has 0 saturated heterocycles. The molecule has 100 valence electrons. The topological polar surface area (TPSA) is 35.8 Å². The van der Waals surface area contributed by atoms with Crippen LogP contribution < -0.4 is 5.32 Å². The van der Waals surface area contributed by atoms with Crippen molar-refractivity contribution in [3.05, 3.63) is 0 Å². The lowest BCUT2D eigenvalue weighted by molar-refractivity contribution is 0.379. The van der Waals surface area contributed by atoms with Gasteiger partial charge in [0.2, 0.25) is 0 Å². The van der Waals surface area contributed by atoms with Crippen molar-refractivity contribution in [3.8, 4) is 6.07 Å². The maximum Gasteiger partial charge on any atom is 0.106 e. The fraction of sp³-hybridized carbons (Fsp3) is 0.929. The van der Waals surface area contributed by atoms with Crippen molar-refractivity contribution >= 4 is 11.8 Å². The summed E-state index contributed by atoms with van der Waals surface area (Å²) in [4.78, 5) is 0. The summed E-state index contributed by atoms with van der Waals surface area (Å²) in [6, 6.07) is 2.46.